The Morgan fingerprint density at radius 1 is 0.964 bits per heavy atom. The first-order chi connectivity index (χ1) is 13.7. The van der Waals surface area contributed by atoms with Crippen molar-refractivity contribution in [2.24, 2.45) is 0 Å². The molecule has 0 radical (unpaired) electrons. The van der Waals surface area contributed by atoms with Crippen LogP contribution in [-0.4, -0.2) is 17.7 Å². The second kappa shape index (κ2) is 7.96. The Morgan fingerprint density at radius 2 is 1.75 bits per heavy atom. The number of pyridine rings is 1. The number of carbonyl (C=O) groups excluding carboxylic acids is 1. The first kappa shape index (κ1) is 17.8. The van der Waals surface area contributed by atoms with Gasteiger partial charge in [0.25, 0.3) is 5.91 Å². The van der Waals surface area contributed by atoms with E-state index >= 15 is 0 Å². The summed E-state index contributed by atoms with van der Waals surface area (Å²) in [6.07, 6.45) is 1.61. The van der Waals surface area contributed by atoms with E-state index in [0.29, 0.717) is 18.8 Å². The highest BCUT2D eigenvalue weighted by molar-refractivity contribution is 5.92. The van der Waals surface area contributed by atoms with Gasteiger partial charge in [-0.1, -0.05) is 18.2 Å². The molecular formula is C21H18FN3O3. The monoisotopic (exact) mass is 379 g/mol. The Kier molecular flexibility index (Phi) is 5.05. The number of nitrogens with zero attached hydrogens (tertiary/aromatic N) is 1. The molecular weight excluding hydrogens is 361 g/mol. The van der Waals surface area contributed by atoms with Gasteiger partial charge in [0.2, 0.25) is 6.79 Å². The molecule has 7 heteroatoms. The van der Waals surface area contributed by atoms with E-state index in [1.807, 2.05) is 18.2 Å². The summed E-state index contributed by atoms with van der Waals surface area (Å²) in [5.74, 6) is 0.902. The summed E-state index contributed by atoms with van der Waals surface area (Å²) in [7, 11) is 0. The summed E-state index contributed by atoms with van der Waals surface area (Å²) in [6, 6.07) is 15.2. The second-order valence-corrected chi connectivity index (χ2v) is 6.28. The molecule has 0 bridgehead atoms. The molecule has 4 rings (SSSR count). The molecule has 2 heterocycles. The fraction of sp³-hybridized carbons (Fsp3) is 0.143. The first-order valence-electron chi connectivity index (χ1n) is 8.78. The van der Waals surface area contributed by atoms with E-state index in [9.17, 15) is 9.18 Å². The second-order valence-electron chi connectivity index (χ2n) is 6.28. The molecule has 2 aromatic carbocycles. The van der Waals surface area contributed by atoms with Crippen LogP contribution in [0.25, 0.3) is 0 Å². The van der Waals surface area contributed by atoms with E-state index in [4.69, 9.17) is 9.47 Å². The van der Waals surface area contributed by atoms with Gasteiger partial charge in [0.05, 0.1) is 11.9 Å². The number of aromatic nitrogens is 1. The minimum Gasteiger partial charge on any atom is -0.454 e. The lowest BCUT2D eigenvalue weighted by molar-refractivity contribution is 0.0946. The number of anilines is 1. The number of fused-ring (bicyclic) bond motifs is 1. The summed E-state index contributed by atoms with van der Waals surface area (Å²) in [5, 5.41) is 6.02. The third-order valence-corrected chi connectivity index (χ3v) is 4.30. The normalized spacial score (nSPS) is 11.9. The largest absolute Gasteiger partial charge is 0.454 e. The van der Waals surface area contributed by atoms with Crippen molar-refractivity contribution >= 4 is 11.6 Å². The number of rotatable bonds is 6. The van der Waals surface area contributed by atoms with Crippen molar-refractivity contribution < 1.29 is 18.7 Å². The number of benzene rings is 2. The molecule has 142 valence electrons. The average Bonchev–Trinajstić information content (AvgIpc) is 3.20. The number of ether oxygens (including phenoxy) is 2. The van der Waals surface area contributed by atoms with Gasteiger partial charge in [0.1, 0.15) is 11.5 Å². The fourth-order valence-electron chi connectivity index (χ4n) is 2.76. The molecule has 0 aliphatic carbocycles. The molecule has 0 saturated heterocycles. The van der Waals surface area contributed by atoms with Crippen LogP contribution in [-0.2, 0) is 13.1 Å². The number of halogens is 1. The van der Waals surface area contributed by atoms with Gasteiger partial charge in [-0.05, 0) is 47.5 Å². The molecule has 0 atom stereocenters. The van der Waals surface area contributed by atoms with Gasteiger partial charge >= 0.3 is 0 Å². The standard InChI is InChI=1S/C21H18FN3O3/c22-16-4-1-14(2-5-16)10-25-21(26)18-7-6-17(12-24-18)23-11-15-3-8-19-20(9-15)28-13-27-19/h1-9,12,23H,10-11,13H2,(H,25,26). The average molecular weight is 379 g/mol. The third kappa shape index (κ3) is 4.20. The predicted molar refractivity (Wildman–Crippen MR) is 102 cm³/mol. The highest BCUT2D eigenvalue weighted by atomic mass is 19.1. The summed E-state index contributed by atoms with van der Waals surface area (Å²) in [6.45, 7) is 1.15. The summed E-state index contributed by atoms with van der Waals surface area (Å²) < 4.78 is 23.6. The first-order valence-corrected chi connectivity index (χ1v) is 8.78. The van der Waals surface area contributed by atoms with Crippen LogP contribution in [0.15, 0.2) is 60.8 Å². The zero-order valence-electron chi connectivity index (χ0n) is 14.9. The smallest absolute Gasteiger partial charge is 0.270 e. The Labute approximate surface area is 161 Å². The van der Waals surface area contributed by atoms with Gasteiger partial charge in [0.15, 0.2) is 11.5 Å². The molecule has 3 aromatic rings. The van der Waals surface area contributed by atoms with Crippen LogP contribution in [0.3, 0.4) is 0 Å². The maximum Gasteiger partial charge on any atom is 0.270 e. The van der Waals surface area contributed by atoms with Crippen LogP contribution >= 0.6 is 0 Å². The number of nitrogens with one attached hydrogen (secondary N) is 2. The van der Waals surface area contributed by atoms with Gasteiger partial charge in [-0.25, -0.2) is 9.37 Å². The van der Waals surface area contributed by atoms with Crippen molar-refractivity contribution in [1.82, 2.24) is 10.3 Å². The SMILES string of the molecule is O=C(NCc1ccc(F)cc1)c1ccc(NCc2ccc3c(c2)OCO3)cn1. The van der Waals surface area contributed by atoms with Crippen LogP contribution in [0, 0.1) is 5.82 Å². The number of hydrogen-bond donors (Lipinski definition) is 2. The highest BCUT2D eigenvalue weighted by Gasteiger charge is 2.13. The van der Waals surface area contributed by atoms with E-state index in [1.54, 1.807) is 30.5 Å². The van der Waals surface area contributed by atoms with E-state index in [-0.39, 0.29) is 18.5 Å². The molecule has 1 aliphatic heterocycles. The summed E-state index contributed by atoms with van der Waals surface area (Å²) in [5.41, 5.74) is 2.98. The molecule has 1 aromatic heterocycles. The third-order valence-electron chi connectivity index (χ3n) is 4.30. The van der Waals surface area contributed by atoms with Crippen molar-refractivity contribution in [3.8, 4) is 11.5 Å². The highest BCUT2D eigenvalue weighted by Crippen LogP contribution is 2.32. The maximum atomic E-state index is 12.9. The van der Waals surface area contributed by atoms with Crippen molar-refractivity contribution in [1.29, 1.82) is 0 Å². The molecule has 1 aliphatic rings. The van der Waals surface area contributed by atoms with Crippen LogP contribution in [0.1, 0.15) is 21.6 Å². The molecule has 0 unspecified atom stereocenters. The van der Waals surface area contributed by atoms with Gasteiger partial charge < -0.3 is 20.1 Å². The van der Waals surface area contributed by atoms with E-state index < -0.39 is 0 Å². The van der Waals surface area contributed by atoms with Gasteiger partial charge in [-0.2, -0.15) is 0 Å². The Morgan fingerprint density at radius 3 is 2.54 bits per heavy atom. The van der Waals surface area contributed by atoms with Crippen LogP contribution in [0.4, 0.5) is 10.1 Å². The van der Waals surface area contributed by atoms with Crippen LogP contribution < -0.4 is 20.1 Å². The number of carbonyl (C=O) groups is 1. The Bertz CT molecular complexity index is 975. The molecule has 6 nitrogen and oxygen atoms in total. The Balaban J connectivity index is 1.30. The molecule has 28 heavy (non-hydrogen) atoms. The zero-order chi connectivity index (χ0) is 19.3. The van der Waals surface area contributed by atoms with E-state index in [2.05, 4.69) is 15.6 Å². The zero-order valence-corrected chi connectivity index (χ0v) is 14.9. The lowest BCUT2D eigenvalue weighted by Gasteiger charge is -2.08. The lowest BCUT2D eigenvalue weighted by atomic mass is 10.2. The quantitative estimate of drug-likeness (QED) is 0.686. The maximum absolute atomic E-state index is 12.9. The van der Waals surface area contributed by atoms with Crippen LogP contribution in [0.5, 0.6) is 11.5 Å². The van der Waals surface area contributed by atoms with Crippen molar-refractivity contribution in [3.05, 3.63) is 83.4 Å². The molecule has 2 N–H and O–H groups in total. The Hall–Kier alpha value is -3.61. The predicted octanol–water partition coefficient (Wildman–Crippen LogP) is 3.49. The lowest BCUT2D eigenvalue weighted by Crippen LogP contribution is -2.23. The topological polar surface area (TPSA) is 72.5 Å². The van der Waals surface area contributed by atoms with Gasteiger partial charge in [0, 0.05) is 13.1 Å². The number of hydrogen-bond acceptors (Lipinski definition) is 5. The molecule has 0 fully saturated rings. The number of amides is 1. The summed E-state index contributed by atoms with van der Waals surface area (Å²) >= 11 is 0. The molecule has 0 spiro atoms. The fourth-order valence-corrected chi connectivity index (χ4v) is 2.76. The van der Waals surface area contributed by atoms with E-state index in [1.165, 1.54) is 12.1 Å². The van der Waals surface area contributed by atoms with Crippen molar-refractivity contribution in [2.45, 2.75) is 13.1 Å². The van der Waals surface area contributed by atoms with E-state index in [0.717, 1.165) is 28.3 Å². The molecule has 0 saturated carbocycles. The minimum atomic E-state index is -0.305. The van der Waals surface area contributed by atoms with Gasteiger partial charge in [-0.3, -0.25) is 4.79 Å². The van der Waals surface area contributed by atoms with Crippen LogP contribution in [0.2, 0.25) is 0 Å². The summed E-state index contributed by atoms with van der Waals surface area (Å²) in [4.78, 5) is 16.4. The molecule has 1 amide bonds. The van der Waals surface area contributed by atoms with Crippen molar-refractivity contribution in [2.75, 3.05) is 12.1 Å². The minimum absolute atomic E-state index is 0.251. The van der Waals surface area contributed by atoms with Gasteiger partial charge in [-0.15, -0.1) is 0 Å². The van der Waals surface area contributed by atoms with Crippen molar-refractivity contribution in [3.63, 3.8) is 0 Å².